The molecule has 0 unspecified atom stereocenters. The van der Waals surface area contributed by atoms with E-state index in [1.165, 1.54) is 0 Å². The molecule has 0 radical (unpaired) electrons. The van der Waals surface area contributed by atoms with Crippen molar-refractivity contribution in [3.63, 3.8) is 0 Å². The van der Waals surface area contributed by atoms with E-state index in [4.69, 9.17) is 19.7 Å². The number of carboxylic acid groups (broad SMARTS) is 1. The summed E-state index contributed by atoms with van der Waals surface area (Å²) in [7, 11) is 5.47. The normalized spacial score (nSPS) is 21.5. The molecule has 1 aliphatic heterocycles. The number of ether oxygens (including phenoxy) is 2. The van der Waals surface area contributed by atoms with Gasteiger partial charge in [-0.1, -0.05) is 0 Å². The fraction of sp³-hybridized carbons (Fsp3) is 0.692. The van der Waals surface area contributed by atoms with Gasteiger partial charge in [0.1, 0.15) is 12.6 Å². The highest BCUT2D eigenvalue weighted by atomic mass is 16.6. The lowest BCUT2D eigenvalue weighted by atomic mass is 10.1. The van der Waals surface area contributed by atoms with Crippen LogP contribution in [0, 0.1) is 0 Å². The average Bonchev–Trinajstić information content (AvgIpc) is 2.63. The zero-order valence-electron chi connectivity index (χ0n) is 12.7. The quantitative estimate of drug-likeness (QED) is 0.317. The molecule has 0 saturated carbocycles. The summed E-state index contributed by atoms with van der Waals surface area (Å²) in [4.78, 5) is 22.3. The second-order valence-electron chi connectivity index (χ2n) is 6.10. The van der Waals surface area contributed by atoms with E-state index < -0.39 is 42.6 Å². The third kappa shape index (κ3) is 4.86. The highest BCUT2D eigenvalue weighted by Crippen LogP contribution is 2.27. The summed E-state index contributed by atoms with van der Waals surface area (Å²) >= 11 is 0. The van der Waals surface area contributed by atoms with Crippen molar-refractivity contribution in [3.05, 3.63) is 11.5 Å². The van der Waals surface area contributed by atoms with Crippen molar-refractivity contribution < 1.29 is 44.0 Å². The van der Waals surface area contributed by atoms with Crippen LogP contribution in [0.5, 0.6) is 0 Å². The van der Waals surface area contributed by atoms with Crippen molar-refractivity contribution in [1.29, 1.82) is 0 Å². The standard InChI is InChI=1S/C13H21NO8/c1-14(2,3)5-7(4-9(17)18)21-12-10(19)13(20)22-11(12)8(16)6-15/h7-8,11,15-16H,4-6H2,1-3H3,(H-,17,18,19)/p+1/t7-,8+,11-/m1/s1. The van der Waals surface area contributed by atoms with Crippen molar-refractivity contribution >= 4 is 11.9 Å². The highest BCUT2D eigenvalue weighted by molar-refractivity contribution is 5.89. The number of esters is 1. The first kappa shape index (κ1) is 18.2. The Morgan fingerprint density at radius 1 is 1.41 bits per heavy atom. The predicted molar refractivity (Wildman–Crippen MR) is 72.7 cm³/mol. The van der Waals surface area contributed by atoms with Crippen LogP contribution in [0.2, 0.25) is 0 Å². The van der Waals surface area contributed by atoms with Gasteiger partial charge in [0.2, 0.25) is 5.76 Å². The number of aliphatic carboxylic acids is 1. The van der Waals surface area contributed by atoms with Crippen LogP contribution >= 0.6 is 0 Å². The van der Waals surface area contributed by atoms with Gasteiger partial charge in [-0.05, 0) is 0 Å². The second-order valence-corrected chi connectivity index (χ2v) is 6.10. The van der Waals surface area contributed by atoms with Crippen molar-refractivity contribution in [2.45, 2.75) is 24.7 Å². The van der Waals surface area contributed by atoms with Crippen molar-refractivity contribution in [2.75, 3.05) is 34.3 Å². The molecule has 1 aliphatic rings. The Morgan fingerprint density at radius 3 is 2.45 bits per heavy atom. The van der Waals surface area contributed by atoms with Crippen LogP contribution in [0.1, 0.15) is 6.42 Å². The smallest absolute Gasteiger partial charge is 0.378 e. The van der Waals surface area contributed by atoms with Crippen LogP contribution in [0.25, 0.3) is 0 Å². The van der Waals surface area contributed by atoms with Gasteiger partial charge in [-0.15, -0.1) is 0 Å². The number of nitrogens with zero attached hydrogens (tertiary/aromatic N) is 1. The lowest BCUT2D eigenvalue weighted by Gasteiger charge is -2.30. The van der Waals surface area contributed by atoms with E-state index >= 15 is 0 Å². The fourth-order valence-corrected chi connectivity index (χ4v) is 2.06. The van der Waals surface area contributed by atoms with Gasteiger partial charge in [0.15, 0.2) is 18.0 Å². The zero-order chi connectivity index (χ0) is 17.1. The Hall–Kier alpha value is -1.84. The molecule has 1 rings (SSSR count). The van der Waals surface area contributed by atoms with E-state index in [0.29, 0.717) is 4.48 Å². The molecule has 0 aromatic carbocycles. The number of rotatable bonds is 8. The first-order valence-corrected chi connectivity index (χ1v) is 6.67. The van der Waals surface area contributed by atoms with Crippen LogP contribution in [-0.4, -0.2) is 89.5 Å². The van der Waals surface area contributed by atoms with Crippen molar-refractivity contribution in [3.8, 4) is 0 Å². The fourth-order valence-electron chi connectivity index (χ4n) is 2.06. The summed E-state index contributed by atoms with van der Waals surface area (Å²) in [5.74, 6) is -3.38. The van der Waals surface area contributed by atoms with E-state index in [0.717, 1.165) is 0 Å². The maximum absolute atomic E-state index is 11.4. The monoisotopic (exact) mass is 320 g/mol. The molecule has 0 fully saturated rings. The summed E-state index contributed by atoms with van der Waals surface area (Å²) in [5, 5.41) is 37.2. The van der Waals surface area contributed by atoms with Gasteiger partial charge in [-0.25, -0.2) is 4.79 Å². The summed E-state index contributed by atoms with van der Waals surface area (Å²) in [6.07, 6.45) is -4.04. The van der Waals surface area contributed by atoms with E-state index in [2.05, 4.69) is 0 Å². The first-order valence-electron chi connectivity index (χ1n) is 6.67. The third-order valence-corrected chi connectivity index (χ3v) is 2.90. The first-order chi connectivity index (χ1) is 10.0. The van der Waals surface area contributed by atoms with Crippen molar-refractivity contribution in [2.24, 2.45) is 0 Å². The maximum atomic E-state index is 11.4. The van der Waals surface area contributed by atoms with Gasteiger partial charge < -0.3 is 34.4 Å². The number of carbonyl (C=O) groups excluding carboxylic acids is 1. The molecule has 0 aromatic rings. The average molecular weight is 320 g/mol. The molecule has 9 heteroatoms. The molecule has 9 nitrogen and oxygen atoms in total. The third-order valence-electron chi connectivity index (χ3n) is 2.90. The van der Waals surface area contributed by atoms with Gasteiger partial charge in [0, 0.05) is 0 Å². The number of carbonyl (C=O) groups is 2. The van der Waals surface area contributed by atoms with E-state index in [-0.39, 0.29) is 18.7 Å². The van der Waals surface area contributed by atoms with Gasteiger partial charge in [0.05, 0.1) is 34.2 Å². The number of quaternary nitrogens is 1. The topological polar surface area (TPSA) is 134 Å². The summed E-state index contributed by atoms with van der Waals surface area (Å²) in [6, 6.07) is 0. The summed E-state index contributed by atoms with van der Waals surface area (Å²) in [5.41, 5.74) is 0. The minimum Gasteiger partial charge on any atom is -0.499 e. The van der Waals surface area contributed by atoms with E-state index in [9.17, 15) is 19.8 Å². The highest BCUT2D eigenvalue weighted by Gasteiger charge is 2.42. The Kier molecular flexibility index (Phi) is 5.75. The molecule has 3 atom stereocenters. The van der Waals surface area contributed by atoms with Gasteiger partial charge in [-0.2, -0.15) is 0 Å². The van der Waals surface area contributed by atoms with Crippen LogP contribution in [-0.2, 0) is 19.1 Å². The number of hydrogen-bond acceptors (Lipinski definition) is 7. The molecule has 0 saturated heterocycles. The van der Waals surface area contributed by atoms with Crippen LogP contribution in [0.3, 0.4) is 0 Å². The Morgan fingerprint density at radius 2 is 2.00 bits per heavy atom. The Bertz CT molecular complexity index is 467. The van der Waals surface area contributed by atoms with Gasteiger partial charge >= 0.3 is 11.9 Å². The number of carboxylic acids is 1. The minimum atomic E-state index is -1.47. The predicted octanol–water partition coefficient (Wildman–Crippen LogP) is -1.40. The van der Waals surface area contributed by atoms with Crippen LogP contribution in [0.4, 0.5) is 0 Å². The maximum Gasteiger partial charge on any atom is 0.378 e. The number of aliphatic hydroxyl groups is 3. The molecule has 4 N–H and O–H groups in total. The number of hydrogen-bond donors (Lipinski definition) is 4. The van der Waals surface area contributed by atoms with E-state index in [1.807, 2.05) is 21.1 Å². The Balaban J connectivity index is 2.97. The molecule has 0 bridgehead atoms. The summed E-state index contributed by atoms with van der Waals surface area (Å²) in [6.45, 7) is -0.434. The molecular formula is C13H22NO8+. The van der Waals surface area contributed by atoms with Crippen LogP contribution < -0.4 is 0 Å². The molecule has 1 heterocycles. The molecule has 126 valence electrons. The molecule has 0 spiro atoms. The molecule has 0 amide bonds. The number of cyclic esters (lactones) is 1. The zero-order valence-corrected chi connectivity index (χ0v) is 12.7. The number of likely N-dealkylation sites (N-methyl/N-ethyl adjacent to an activating group) is 1. The molecule has 0 aliphatic carbocycles. The molecular weight excluding hydrogens is 298 g/mol. The summed E-state index contributed by atoms with van der Waals surface area (Å²) < 4.78 is 10.5. The van der Waals surface area contributed by atoms with Gasteiger partial charge in [0.25, 0.3) is 0 Å². The lowest BCUT2D eigenvalue weighted by molar-refractivity contribution is -0.873. The molecule has 22 heavy (non-hydrogen) atoms. The van der Waals surface area contributed by atoms with Crippen molar-refractivity contribution in [1.82, 2.24) is 0 Å². The molecule has 0 aromatic heterocycles. The second kappa shape index (κ2) is 6.95. The van der Waals surface area contributed by atoms with Crippen LogP contribution in [0.15, 0.2) is 11.5 Å². The number of aliphatic hydroxyl groups excluding tert-OH is 3. The Labute approximate surface area is 127 Å². The van der Waals surface area contributed by atoms with E-state index in [1.54, 1.807) is 0 Å². The SMILES string of the molecule is C[N+](C)(C)C[C@@H](CC(=O)O)OC1=C(O)C(=O)O[C@@H]1[C@@H](O)CO. The largest absolute Gasteiger partial charge is 0.499 e. The van der Waals surface area contributed by atoms with Gasteiger partial charge in [-0.3, -0.25) is 4.79 Å². The minimum absolute atomic E-state index is 0.277. The lowest BCUT2D eigenvalue weighted by Crippen LogP contribution is -2.44.